The van der Waals surface area contributed by atoms with Crippen LogP contribution in [0, 0.1) is 35.5 Å². The number of Topliss-reactive ketones (excluding diaryl/α,β-unsaturated/α-hetero) is 2. The van der Waals surface area contributed by atoms with E-state index in [0.29, 0.717) is 88.7 Å². The molecule has 3 N–H and O–H groups in total. The van der Waals surface area contributed by atoms with Gasteiger partial charge in [-0.3, -0.25) is 24.0 Å². The number of likely N-dealkylation sites (N-methyl/N-ethyl adjacent to an activating group) is 1. The van der Waals surface area contributed by atoms with Crippen molar-refractivity contribution in [3.8, 4) is 0 Å². The Hall–Kier alpha value is -5.30. The third kappa shape index (κ3) is 21.9. The second-order valence-corrected chi connectivity index (χ2v) is 26.4. The number of fused-ring (bicyclic) bond motifs is 3. The summed E-state index contributed by atoms with van der Waals surface area (Å²) >= 11 is 0. The molecule has 16 atom stereocenters. The molecule has 1 aliphatic carbocycles. The molecule has 91 heavy (non-hydrogen) atoms. The Bertz CT molecular complexity index is 2630. The summed E-state index contributed by atoms with van der Waals surface area (Å²) in [5, 5.41) is 26.8. The monoisotopic (exact) mass is 1280 g/mol. The number of carbonyl (C=O) groups is 6. The van der Waals surface area contributed by atoms with Crippen molar-refractivity contribution in [1.82, 2.24) is 25.1 Å². The lowest BCUT2D eigenvalue weighted by Gasteiger charge is -2.43. The number of nitrogens with one attached hydrogen (secondary N) is 1. The zero-order valence-corrected chi connectivity index (χ0v) is 56.4. The molecule has 6 rings (SSSR count). The van der Waals surface area contributed by atoms with Gasteiger partial charge in [-0.2, -0.15) is 0 Å². The van der Waals surface area contributed by atoms with E-state index in [-0.39, 0.29) is 86.8 Å². The van der Waals surface area contributed by atoms with E-state index in [4.69, 9.17) is 37.9 Å². The zero-order chi connectivity index (χ0) is 66.4. The first-order chi connectivity index (χ1) is 43.5. The highest BCUT2D eigenvalue weighted by molar-refractivity contribution is 6.39. The molecule has 22 heteroatoms. The third-order valence-electron chi connectivity index (χ3n) is 19.3. The Labute approximate surface area is 540 Å². The number of hydrogen-bond acceptors (Lipinski definition) is 20. The van der Waals surface area contributed by atoms with E-state index >= 15 is 0 Å². The molecule has 5 heterocycles. The number of nitrogens with zero attached hydrogens (tertiary/aromatic N) is 5. The van der Waals surface area contributed by atoms with Gasteiger partial charge in [-0.1, -0.05) is 71.1 Å². The van der Waals surface area contributed by atoms with Gasteiger partial charge < -0.3 is 68.1 Å². The molecule has 4 fully saturated rings. The van der Waals surface area contributed by atoms with Gasteiger partial charge in [0.15, 0.2) is 5.78 Å². The van der Waals surface area contributed by atoms with Crippen LogP contribution in [0.1, 0.15) is 150 Å². The van der Waals surface area contributed by atoms with Gasteiger partial charge in [-0.15, -0.1) is 0 Å². The van der Waals surface area contributed by atoms with Crippen LogP contribution in [-0.2, 0) is 73.2 Å². The van der Waals surface area contributed by atoms with Crippen LogP contribution < -0.4 is 10.2 Å². The topological polar surface area (TPSA) is 264 Å². The molecule has 5 aliphatic rings. The molecule has 1 saturated carbocycles. The molecule has 0 aromatic carbocycles. The van der Waals surface area contributed by atoms with Gasteiger partial charge in [0.1, 0.15) is 30.5 Å². The minimum Gasteiger partial charge on any atom is -0.460 e. The Morgan fingerprint density at radius 3 is 2.21 bits per heavy atom. The molecular formula is C69H108N6O16. The lowest BCUT2D eigenvalue weighted by atomic mass is 9.78. The van der Waals surface area contributed by atoms with E-state index in [2.05, 4.69) is 32.1 Å². The third-order valence-corrected chi connectivity index (χ3v) is 19.3. The van der Waals surface area contributed by atoms with Gasteiger partial charge in [-0.05, 0) is 120 Å². The van der Waals surface area contributed by atoms with Crippen LogP contribution in [0.25, 0.3) is 0 Å². The number of hydrogen-bond donors (Lipinski definition) is 3. The van der Waals surface area contributed by atoms with Crippen LogP contribution in [0.15, 0.2) is 60.0 Å². The van der Waals surface area contributed by atoms with E-state index in [1.165, 1.54) is 12.0 Å². The molecular weight excluding hydrogens is 1170 g/mol. The first-order valence-electron chi connectivity index (χ1n) is 33.3. The van der Waals surface area contributed by atoms with Crippen molar-refractivity contribution < 1.29 is 76.9 Å². The molecule has 1 aromatic rings. The van der Waals surface area contributed by atoms with E-state index in [1.54, 1.807) is 47.6 Å². The van der Waals surface area contributed by atoms with Crippen molar-refractivity contribution in [1.29, 1.82) is 0 Å². The number of aromatic nitrogens is 2. The number of carbonyl (C=O) groups excluding carboxylic acids is 6. The van der Waals surface area contributed by atoms with Gasteiger partial charge in [0.05, 0.1) is 31.0 Å². The number of methoxy groups -OCH3 is 4. The number of piperidine rings is 1. The summed E-state index contributed by atoms with van der Waals surface area (Å²) in [7, 11) is 8.27. The van der Waals surface area contributed by atoms with Crippen LogP contribution in [0.5, 0.6) is 0 Å². The molecule has 1 aromatic heterocycles. The lowest BCUT2D eigenvalue weighted by Crippen LogP contribution is -2.61. The second-order valence-electron chi connectivity index (χ2n) is 26.4. The molecule has 22 nitrogen and oxygen atoms in total. The Morgan fingerprint density at radius 1 is 0.791 bits per heavy atom. The van der Waals surface area contributed by atoms with Crippen LogP contribution in [0.4, 0.5) is 5.95 Å². The molecule has 3 saturated heterocycles. The van der Waals surface area contributed by atoms with Gasteiger partial charge in [-0.25, -0.2) is 14.8 Å². The van der Waals surface area contributed by atoms with Crippen molar-refractivity contribution in [2.24, 2.45) is 35.5 Å². The largest absolute Gasteiger partial charge is 0.460 e. The summed E-state index contributed by atoms with van der Waals surface area (Å²) in [6, 6.07) is -1.13. The highest BCUT2D eigenvalue weighted by atomic mass is 16.6. The Morgan fingerprint density at radius 2 is 1.52 bits per heavy atom. The smallest absolute Gasteiger partial charge is 0.329 e. The first kappa shape index (κ1) is 74.7. The summed E-state index contributed by atoms with van der Waals surface area (Å²) in [5.41, 5.74) is 2.19. The summed E-state index contributed by atoms with van der Waals surface area (Å²) in [4.78, 5) is 98.3. The van der Waals surface area contributed by atoms with E-state index in [1.807, 2.05) is 71.1 Å². The van der Waals surface area contributed by atoms with Crippen molar-refractivity contribution in [2.75, 3.05) is 86.3 Å². The van der Waals surface area contributed by atoms with Crippen LogP contribution >= 0.6 is 0 Å². The number of aliphatic hydroxyl groups excluding tert-OH is 1. The Kier molecular flexibility index (Phi) is 30.4. The highest BCUT2D eigenvalue weighted by Crippen LogP contribution is 2.39. The standard InChI is InChI=1S/C69H108N6O16/c1-44-19-14-13-15-20-45(2)56(84-9)39-53-25-23-50(7)69(83,91-53)65(80)66(81)75-28-17-16-21-54(75)67(82)90-58(40-57(85-10)46(3)36-49(6)63(79)64(87-12)62(78)48(5)35-44)47(4)37-51-24-26-55(59(38-51)86-11)89-61(77)22-18-33-88-34-27-60(76)70-41-52-42-71-68(72-43-52)74-31-29-73(8)30-32-74/h13-15,19-20,36,42-44,46-48,50-51,53-59,63-64,79,83H,16-18,21-35,37-41H2,1-12H3,(H,70,76)/b15-13+,19-14+,45-20+,49-36+/t44-,46-,47-,48-,50-,51+,53+,54+,55-,56+,57-,58+,59-,63-,64+,69-/m1/s1. The highest BCUT2D eigenvalue weighted by Gasteiger charge is 2.53. The number of piperazine rings is 1. The van der Waals surface area contributed by atoms with Crippen LogP contribution in [0.3, 0.4) is 0 Å². The maximum absolute atomic E-state index is 14.9. The predicted molar refractivity (Wildman–Crippen MR) is 343 cm³/mol. The van der Waals surface area contributed by atoms with E-state index in [9.17, 15) is 39.0 Å². The number of aliphatic hydroxyl groups is 2. The molecule has 0 radical (unpaired) electrons. The number of amides is 2. The van der Waals surface area contributed by atoms with E-state index < -0.39 is 90.2 Å². The van der Waals surface area contributed by atoms with Crippen LogP contribution in [-0.4, -0.2) is 207 Å². The zero-order valence-electron chi connectivity index (χ0n) is 56.4. The van der Waals surface area contributed by atoms with Gasteiger partial charge in [0, 0.05) is 136 Å². The lowest BCUT2D eigenvalue weighted by molar-refractivity contribution is -0.265. The van der Waals surface area contributed by atoms with Crippen LogP contribution in [0.2, 0.25) is 0 Å². The maximum atomic E-state index is 14.9. The van der Waals surface area contributed by atoms with Crippen molar-refractivity contribution in [3.63, 3.8) is 0 Å². The maximum Gasteiger partial charge on any atom is 0.329 e. The van der Waals surface area contributed by atoms with E-state index in [0.717, 1.165) is 37.3 Å². The summed E-state index contributed by atoms with van der Waals surface area (Å²) in [6.07, 6.45) is 15.7. The number of esters is 2. The fourth-order valence-electron chi connectivity index (χ4n) is 13.4. The Balaban J connectivity index is 1.11. The molecule has 4 aliphatic heterocycles. The number of allylic oxidation sites excluding steroid dienone is 5. The predicted octanol–water partition coefficient (Wildman–Crippen LogP) is 7.22. The summed E-state index contributed by atoms with van der Waals surface area (Å²) < 4.78 is 48.3. The minimum absolute atomic E-state index is 0.0181. The first-order valence-corrected chi connectivity index (χ1v) is 33.3. The normalized spacial score (nSPS) is 34.1. The fraction of sp³-hybridized carbons (Fsp3) is 0.739. The number of ketones is 2. The average molecular weight is 1280 g/mol. The number of cyclic esters (lactones) is 1. The van der Waals surface area contributed by atoms with Crippen molar-refractivity contribution in [3.05, 3.63) is 65.6 Å². The molecule has 510 valence electrons. The van der Waals surface area contributed by atoms with Gasteiger partial charge >= 0.3 is 11.9 Å². The average Bonchev–Trinajstić information content (AvgIpc) is 0.861. The quantitative estimate of drug-likeness (QED) is 0.0567. The SMILES string of the molecule is CO[C@H]1C[C@@H]2CC[C@@H](C)[C@@](O)(O2)C(=O)C(=O)N2CCCC[C@H]2C(=O)O[C@H]([C@H](C)C[C@@H]2CC[C@@H](OC(=O)CCCOCCC(=O)NCc3cnc(N4CCN(C)CC4)nc3)[C@H](OC)C2)C[C@@H](OC)[C@H](C)/C=C(\C)[C@@H](O)[C@@H](OC)C(=O)[C@H](C)C[C@H](C)/C=C/C=C/C=C/1C. The molecule has 0 unspecified atom stereocenters. The van der Waals surface area contributed by atoms with Gasteiger partial charge in [0.2, 0.25) is 17.6 Å². The fourth-order valence-corrected chi connectivity index (χ4v) is 13.4. The minimum atomic E-state index is -2.44. The summed E-state index contributed by atoms with van der Waals surface area (Å²) in [5.74, 6) is -7.07. The molecule has 0 spiro atoms. The molecule has 2 bridgehead atoms. The summed E-state index contributed by atoms with van der Waals surface area (Å²) in [6.45, 7) is 17.7. The van der Waals surface area contributed by atoms with Crippen molar-refractivity contribution in [2.45, 2.75) is 212 Å². The number of anilines is 1. The van der Waals surface area contributed by atoms with Gasteiger partial charge in [0.25, 0.3) is 11.7 Å². The number of ether oxygens (including phenoxy) is 8. The molecule has 2 amide bonds. The van der Waals surface area contributed by atoms with Crippen molar-refractivity contribution >= 4 is 41.3 Å². The number of rotatable bonds is 18. The second kappa shape index (κ2) is 37.0.